The van der Waals surface area contributed by atoms with Crippen LogP contribution in [0, 0.1) is 0 Å². The van der Waals surface area contributed by atoms with Crippen LogP contribution in [0.3, 0.4) is 0 Å². The lowest BCUT2D eigenvalue weighted by Gasteiger charge is -2.21. The molecule has 0 fully saturated rings. The van der Waals surface area contributed by atoms with E-state index in [2.05, 4.69) is 0 Å². The maximum absolute atomic E-state index is 12.0. The normalized spacial score (nSPS) is 15.4. The van der Waals surface area contributed by atoms with Gasteiger partial charge >= 0.3 is 0 Å². The first-order valence-electron chi connectivity index (χ1n) is 5.49. The molecule has 0 spiro atoms. The molecule has 0 saturated heterocycles. The molecule has 17 heavy (non-hydrogen) atoms. The molecule has 2 rings (SSSR count). The molecule has 1 aromatic carbocycles. The van der Waals surface area contributed by atoms with E-state index in [0.717, 1.165) is 0 Å². The number of carbonyl (C=O) groups is 2. The molecule has 1 aromatic rings. The van der Waals surface area contributed by atoms with Crippen LogP contribution in [-0.4, -0.2) is 31.8 Å². The number of imide groups is 1. The molecule has 0 saturated carbocycles. The maximum Gasteiger partial charge on any atom is 0.263 e. The minimum absolute atomic E-state index is 0.0576. The Balaban J connectivity index is 2.19. The Bertz CT molecular complexity index is 444. The van der Waals surface area contributed by atoms with Crippen LogP contribution in [0.2, 0.25) is 19.6 Å². The molecule has 0 bridgehead atoms. The maximum atomic E-state index is 12.0. The molecule has 0 aliphatic carbocycles. The van der Waals surface area contributed by atoms with Gasteiger partial charge in [-0.15, -0.1) is 0 Å². The zero-order chi connectivity index (χ0) is 12.6. The van der Waals surface area contributed by atoms with Gasteiger partial charge in [-0.1, -0.05) is 12.1 Å². The van der Waals surface area contributed by atoms with Crippen molar-refractivity contribution in [2.75, 3.05) is 6.73 Å². The highest BCUT2D eigenvalue weighted by atomic mass is 28.4. The SMILES string of the molecule is C[Si](C)(C)OCN1C(=O)c2ccccc2C1=O. The summed E-state index contributed by atoms with van der Waals surface area (Å²) in [5.41, 5.74) is 0.938. The Kier molecular flexibility index (Phi) is 2.88. The third-order valence-corrected chi connectivity index (χ3v) is 3.50. The van der Waals surface area contributed by atoms with E-state index in [1.807, 2.05) is 19.6 Å². The molecular formula is C12H15NO3Si. The summed E-state index contributed by atoms with van der Waals surface area (Å²) in [5.74, 6) is -0.521. The van der Waals surface area contributed by atoms with Gasteiger partial charge in [0.25, 0.3) is 11.8 Å². The summed E-state index contributed by atoms with van der Waals surface area (Å²) in [6, 6.07) is 6.86. The first-order valence-corrected chi connectivity index (χ1v) is 8.90. The first kappa shape index (κ1) is 12.0. The second-order valence-electron chi connectivity index (χ2n) is 4.97. The molecule has 0 aromatic heterocycles. The standard InChI is InChI=1S/C12H15NO3Si/c1-17(2,3)16-8-13-11(14)9-6-4-5-7-10(9)12(13)15/h4-7H,8H2,1-3H3. The fourth-order valence-electron chi connectivity index (χ4n) is 1.61. The Morgan fingerprint density at radius 2 is 1.53 bits per heavy atom. The average molecular weight is 249 g/mol. The Hall–Kier alpha value is -1.46. The summed E-state index contributed by atoms with van der Waals surface area (Å²) in [6.45, 7) is 6.11. The molecule has 0 atom stereocenters. The summed E-state index contributed by atoms with van der Waals surface area (Å²) >= 11 is 0. The van der Waals surface area contributed by atoms with E-state index >= 15 is 0 Å². The molecule has 90 valence electrons. The lowest BCUT2D eigenvalue weighted by molar-refractivity contribution is 0.0514. The van der Waals surface area contributed by atoms with Gasteiger partial charge < -0.3 is 4.43 Å². The third-order valence-electron chi connectivity index (χ3n) is 2.50. The predicted octanol–water partition coefficient (Wildman–Crippen LogP) is 2.09. The van der Waals surface area contributed by atoms with E-state index in [9.17, 15) is 9.59 Å². The van der Waals surface area contributed by atoms with Crippen LogP contribution in [0.5, 0.6) is 0 Å². The molecule has 1 heterocycles. The molecular weight excluding hydrogens is 234 g/mol. The van der Waals surface area contributed by atoms with Crippen molar-refractivity contribution in [1.29, 1.82) is 0 Å². The van der Waals surface area contributed by atoms with Crippen LogP contribution in [0.25, 0.3) is 0 Å². The number of nitrogens with zero attached hydrogens (tertiary/aromatic N) is 1. The van der Waals surface area contributed by atoms with E-state index in [4.69, 9.17) is 4.43 Å². The van der Waals surface area contributed by atoms with Gasteiger partial charge in [0.15, 0.2) is 8.32 Å². The zero-order valence-electron chi connectivity index (χ0n) is 10.2. The smallest absolute Gasteiger partial charge is 0.263 e. The summed E-state index contributed by atoms with van der Waals surface area (Å²) < 4.78 is 5.61. The number of amides is 2. The zero-order valence-corrected chi connectivity index (χ0v) is 11.2. The van der Waals surface area contributed by atoms with Crippen LogP contribution < -0.4 is 0 Å². The first-order chi connectivity index (χ1) is 7.90. The van der Waals surface area contributed by atoms with E-state index in [0.29, 0.717) is 11.1 Å². The van der Waals surface area contributed by atoms with Gasteiger partial charge in [0, 0.05) is 0 Å². The van der Waals surface area contributed by atoms with E-state index in [1.54, 1.807) is 24.3 Å². The molecule has 0 unspecified atom stereocenters. The quantitative estimate of drug-likeness (QED) is 0.608. The summed E-state index contributed by atoms with van der Waals surface area (Å²) in [5, 5.41) is 0. The molecule has 0 radical (unpaired) electrons. The van der Waals surface area contributed by atoms with Gasteiger partial charge in [-0.05, 0) is 31.8 Å². The van der Waals surface area contributed by atoms with Gasteiger partial charge in [-0.2, -0.15) is 0 Å². The van der Waals surface area contributed by atoms with Crippen molar-refractivity contribution in [3.8, 4) is 0 Å². The molecule has 2 amide bonds. The third kappa shape index (κ3) is 2.30. The van der Waals surface area contributed by atoms with Crippen molar-refractivity contribution >= 4 is 20.1 Å². The van der Waals surface area contributed by atoms with E-state index in [-0.39, 0.29) is 18.5 Å². The van der Waals surface area contributed by atoms with E-state index in [1.165, 1.54) is 4.90 Å². The highest BCUT2D eigenvalue weighted by Gasteiger charge is 2.35. The number of hydrogen-bond donors (Lipinski definition) is 0. The fraction of sp³-hybridized carbons (Fsp3) is 0.333. The molecule has 1 aliphatic rings. The molecule has 4 nitrogen and oxygen atoms in total. The van der Waals surface area contributed by atoms with Gasteiger partial charge in [-0.3, -0.25) is 14.5 Å². The Labute approximate surface area is 101 Å². The van der Waals surface area contributed by atoms with Crippen molar-refractivity contribution in [1.82, 2.24) is 4.90 Å². The Morgan fingerprint density at radius 1 is 1.06 bits per heavy atom. The summed E-state index contributed by atoms with van der Waals surface area (Å²) in [6.07, 6.45) is 0. The lowest BCUT2D eigenvalue weighted by Crippen LogP contribution is -2.38. The predicted molar refractivity (Wildman–Crippen MR) is 66.2 cm³/mol. The largest absolute Gasteiger partial charge is 0.400 e. The van der Waals surface area contributed by atoms with Crippen molar-refractivity contribution in [3.05, 3.63) is 35.4 Å². The van der Waals surface area contributed by atoms with Crippen LogP contribution in [-0.2, 0) is 4.43 Å². The highest BCUT2D eigenvalue weighted by molar-refractivity contribution is 6.69. The number of fused-ring (bicyclic) bond motifs is 1. The molecule has 0 N–H and O–H groups in total. The Morgan fingerprint density at radius 3 is 1.94 bits per heavy atom. The van der Waals surface area contributed by atoms with E-state index < -0.39 is 8.32 Å². The minimum Gasteiger partial charge on any atom is -0.400 e. The number of rotatable bonds is 3. The number of carbonyl (C=O) groups excluding carboxylic acids is 2. The topological polar surface area (TPSA) is 46.6 Å². The van der Waals surface area contributed by atoms with Gasteiger partial charge in [0.2, 0.25) is 0 Å². The molecule has 5 heteroatoms. The second kappa shape index (κ2) is 4.08. The van der Waals surface area contributed by atoms with Crippen molar-refractivity contribution < 1.29 is 14.0 Å². The summed E-state index contributed by atoms with van der Waals surface area (Å²) in [7, 11) is -1.73. The monoisotopic (exact) mass is 249 g/mol. The van der Waals surface area contributed by atoms with Crippen LogP contribution >= 0.6 is 0 Å². The number of benzene rings is 1. The van der Waals surface area contributed by atoms with Gasteiger partial charge in [-0.25, -0.2) is 0 Å². The van der Waals surface area contributed by atoms with Crippen LogP contribution in [0.4, 0.5) is 0 Å². The highest BCUT2D eigenvalue weighted by Crippen LogP contribution is 2.22. The average Bonchev–Trinajstić information content (AvgIpc) is 2.49. The molecule has 1 aliphatic heterocycles. The summed E-state index contributed by atoms with van der Waals surface area (Å²) in [4.78, 5) is 25.1. The second-order valence-corrected chi connectivity index (χ2v) is 9.48. The fourth-order valence-corrected chi connectivity index (χ4v) is 2.13. The van der Waals surface area contributed by atoms with Gasteiger partial charge in [0.05, 0.1) is 11.1 Å². The van der Waals surface area contributed by atoms with Crippen LogP contribution in [0.1, 0.15) is 20.7 Å². The van der Waals surface area contributed by atoms with Crippen molar-refractivity contribution in [2.45, 2.75) is 19.6 Å². The van der Waals surface area contributed by atoms with Crippen LogP contribution in [0.15, 0.2) is 24.3 Å². The van der Waals surface area contributed by atoms with Crippen molar-refractivity contribution in [2.24, 2.45) is 0 Å². The van der Waals surface area contributed by atoms with Gasteiger partial charge in [0.1, 0.15) is 6.73 Å². The number of hydrogen-bond acceptors (Lipinski definition) is 3. The lowest BCUT2D eigenvalue weighted by atomic mass is 10.1. The van der Waals surface area contributed by atoms with Crippen molar-refractivity contribution in [3.63, 3.8) is 0 Å². The minimum atomic E-state index is -1.73.